The molecule has 4 rings (SSSR count). The number of carbonyl (C=O) groups excluding carboxylic acids is 2. The average molecular weight is 524 g/mol. The summed E-state index contributed by atoms with van der Waals surface area (Å²) in [4.78, 5) is 23.2. The molecule has 13 heteroatoms. The summed E-state index contributed by atoms with van der Waals surface area (Å²) in [6.07, 6.45) is -1.07. The Morgan fingerprint density at radius 3 is 2.58 bits per heavy atom. The maximum atomic E-state index is 14.0. The van der Waals surface area contributed by atoms with Crippen molar-refractivity contribution in [1.29, 1.82) is 5.26 Å². The van der Waals surface area contributed by atoms with E-state index in [2.05, 4.69) is 15.7 Å². The van der Waals surface area contributed by atoms with Gasteiger partial charge in [-0.25, -0.2) is 8.42 Å². The van der Waals surface area contributed by atoms with Crippen molar-refractivity contribution in [2.24, 2.45) is 5.92 Å². The highest BCUT2D eigenvalue weighted by molar-refractivity contribution is 7.92. The number of sulfone groups is 1. The fourth-order valence-electron chi connectivity index (χ4n) is 4.37. The summed E-state index contributed by atoms with van der Waals surface area (Å²) in [5.41, 5.74) is -1.81. The second kappa shape index (κ2) is 9.24. The van der Waals surface area contributed by atoms with Crippen LogP contribution >= 0.6 is 0 Å². The van der Waals surface area contributed by atoms with E-state index in [9.17, 15) is 31.2 Å². The zero-order valence-electron chi connectivity index (χ0n) is 19.3. The van der Waals surface area contributed by atoms with E-state index >= 15 is 0 Å². The Labute approximate surface area is 205 Å². The highest BCUT2D eigenvalue weighted by Gasteiger charge is 2.48. The van der Waals surface area contributed by atoms with Gasteiger partial charge in [0.2, 0.25) is 11.8 Å². The van der Waals surface area contributed by atoms with Crippen LogP contribution < -0.4 is 10.6 Å². The van der Waals surface area contributed by atoms with Gasteiger partial charge in [0.05, 0.1) is 28.0 Å². The van der Waals surface area contributed by atoms with E-state index < -0.39 is 49.1 Å². The lowest BCUT2D eigenvalue weighted by Crippen LogP contribution is -2.39. The number of hydrogen-bond acceptors (Lipinski definition) is 6. The summed E-state index contributed by atoms with van der Waals surface area (Å²) in [7, 11) is -2.96. The molecule has 0 aliphatic heterocycles. The number of alkyl halides is 3. The van der Waals surface area contributed by atoms with Gasteiger partial charge in [-0.1, -0.05) is 6.07 Å². The van der Waals surface area contributed by atoms with E-state index in [-0.39, 0.29) is 42.8 Å². The minimum Gasteiger partial charge on any atom is -0.358 e. The molecule has 0 unspecified atom stereocenters. The fourth-order valence-corrected chi connectivity index (χ4v) is 6.40. The van der Waals surface area contributed by atoms with E-state index in [0.29, 0.717) is 12.8 Å². The van der Waals surface area contributed by atoms with Gasteiger partial charge in [-0.15, -0.1) is 0 Å². The highest BCUT2D eigenvalue weighted by atomic mass is 32.2. The third kappa shape index (κ3) is 5.09. The molecule has 1 heterocycles. The van der Waals surface area contributed by atoms with Crippen LogP contribution in [0.25, 0.3) is 11.1 Å². The monoisotopic (exact) mass is 523 g/mol. The molecule has 2 amide bonds. The Kier molecular flexibility index (Phi) is 6.59. The number of aromatic nitrogens is 2. The summed E-state index contributed by atoms with van der Waals surface area (Å²) in [5.74, 6) is -1.46. The highest BCUT2D eigenvalue weighted by Crippen LogP contribution is 2.42. The first-order chi connectivity index (χ1) is 16.9. The largest absolute Gasteiger partial charge is 0.417 e. The van der Waals surface area contributed by atoms with Gasteiger partial charge in [0, 0.05) is 24.7 Å². The molecule has 0 spiro atoms. The maximum absolute atomic E-state index is 14.0. The van der Waals surface area contributed by atoms with Crippen molar-refractivity contribution >= 4 is 21.7 Å². The van der Waals surface area contributed by atoms with Crippen LogP contribution in [0.3, 0.4) is 0 Å². The Hall–Kier alpha value is -3.40. The van der Waals surface area contributed by atoms with E-state index in [4.69, 9.17) is 5.26 Å². The van der Waals surface area contributed by atoms with Crippen molar-refractivity contribution in [3.63, 3.8) is 0 Å². The summed E-state index contributed by atoms with van der Waals surface area (Å²) < 4.78 is 69.8. The zero-order valence-corrected chi connectivity index (χ0v) is 20.1. The zero-order chi connectivity index (χ0) is 26.3. The molecule has 2 aliphatic carbocycles. The predicted molar refractivity (Wildman–Crippen MR) is 121 cm³/mol. The predicted octanol–water partition coefficient (Wildman–Crippen LogP) is 2.43. The van der Waals surface area contributed by atoms with Crippen LogP contribution in [0.5, 0.6) is 0 Å². The van der Waals surface area contributed by atoms with Crippen LogP contribution in [-0.4, -0.2) is 47.8 Å². The Balaban J connectivity index is 1.58. The Morgan fingerprint density at radius 1 is 1.25 bits per heavy atom. The number of amides is 2. The van der Waals surface area contributed by atoms with E-state index in [1.807, 2.05) is 6.07 Å². The second-order valence-corrected chi connectivity index (χ2v) is 11.4. The van der Waals surface area contributed by atoms with Gasteiger partial charge in [0.1, 0.15) is 12.1 Å². The van der Waals surface area contributed by atoms with E-state index in [1.54, 1.807) is 0 Å². The molecule has 9 nitrogen and oxygen atoms in total. The minimum atomic E-state index is -4.95. The smallest absolute Gasteiger partial charge is 0.358 e. The lowest BCUT2D eigenvalue weighted by atomic mass is 10.1. The number of carbonyl (C=O) groups is 2. The van der Waals surface area contributed by atoms with Crippen molar-refractivity contribution in [3.05, 3.63) is 36.2 Å². The number of nitriles is 1. The molecular weight excluding hydrogens is 499 g/mol. The summed E-state index contributed by atoms with van der Waals surface area (Å²) >= 11 is 0. The molecule has 2 fully saturated rings. The van der Waals surface area contributed by atoms with Crippen LogP contribution in [0, 0.1) is 17.2 Å². The van der Waals surface area contributed by atoms with E-state index in [0.717, 1.165) is 12.1 Å². The van der Waals surface area contributed by atoms with Gasteiger partial charge in [-0.2, -0.15) is 23.5 Å². The number of nitrogens with zero attached hydrogens (tertiary/aromatic N) is 3. The SMILES string of the molecule is CNC(=O)Cn1cc(-c2ccc(S(=O)(=O)[C@@H]3CC[C@@H](C(=O)NC4(C#N)CC4)C3)c(C(F)(F)F)c2)cn1. The van der Waals surface area contributed by atoms with Gasteiger partial charge in [-0.05, 0) is 49.8 Å². The van der Waals surface area contributed by atoms with E-state index in [1.165, 1.54) is 30.2 Å². The lowest BCUT2D eigenvalue weighted by molar-refractivity contribution is -0.139. The number of nitrogens with one attached hydrogen (secondary N) is 2. The third-order valence-electron chi connectivity index (χ3n) is 6.66. The third-order valence-corrected chi connectivity index (χ3v) is 8.94. The van der Waals surface area contributed by atoms with Crippen molar-refractivity contribution in [2.45, 2.75) is 60.5 Å². The molecule has 2 N–H and O–H groups in total. The molecular formula is C23H24F3N5O4S. The molecule has 2 saturated carbocycles. The first-order valence-corrected chi connectivity index (χ1v) is 12.8. The summed E-state index contributed by atoms with van der Waals surface area (Å²) in [6.45, 7) is -0.124. The Morgan fingerprint density at radius 2 is 1.97 bits per heavy atom. The minimum absolute atomic E-state index is 0.0469. The second-order valence-electron chi connectivity index (χ2n) is 9.17. The molecule has 0 saturated heterocycles. The van der Waals surface area contributed by atoms with Gasteiger partial charge < -0.3 is 10.6 Å². The topological polar surface area (TPSA) is 134 Å². The molecule has 36 heavy (non-hydrogen) atoms. The van der Waals surface area contributed by atoms with Gasteiger partial charge in [-0.3, -0.25) is 14.3 Å². The van der Waals surface area contributed by atoms with Crippen LogP contribution in [0.1, 0.15) is 37.7 Å². The maximum Gasteiger partial charge on any atom is 0.417 e. The number of rotatable bonds is 7. The van der Waals surface area contributed by atoms with Crippen LogP contribution in [-0.2, 0) is 32.1 Å². The molecule has 0 bridgehead atoms. The normalized spacial score (nSPS) is 21.0. The molecule has 1 aromatic heterocycles. The summed E-state index contributed by atoms with van der Waals surface area (Å²) in [5, 5.41) is 17.0. The number of likely N-dealkylation sites (N-methyl/N-ethyl adjacent to an activating group) is 1. The van der Waals surface area contributed by atoms with Gasteiger partial charge in [0.25, 0.3) is 0 Å². The number of hydrogen-bond donors (Lipinski definition) is 2. The Bertz CT molecular complexity index is 1340. The molecule has 2 atom stereocenters. The van der Waals surface area contributed by atoms with Crippen LogP contribution in [0.15, 0.2) is 35.5 Å². The molecule has 2 aromatic rings. The fraction of sp³-hybridized carbons (Fsp3) is 0.478. The van der Waals surface area contributed by atoms with Crippen LogP contribution in [0.4, 0.5) is 13.2 Å². The average Bonchev–Trinajstić information content (AvgIpc) is 3.22. The molecule has 1 aromatic carbocycles. The molecule has 0 radical (unpaired) electrons. The molecule has 192 valence electrons. The van der Waals surface area contributed by atoms with Crippen LogP contribution in [0.2, 0.25) is 0 Å². The quantitative estimate of drug-likeness (QED) is 0.573. The lowest BCUT2D eigenvalue weighted by Gasteiger charge is -2.18. The number of halogens is 3. The van der Waals surface area contributed by atoms with Gasteiger partial charge in [0.15, 0.2) is 9.84 Å². The van der Waals surface area contributed by atoms with Crippen molar-refractivity contribution < 1.29 is 31.2 Å². The number of benzene rings is 1. The first-order valence-electron chi connectivity index (χ1n) is 11.3. The van der Waals surface area contributed by atoms with Crippen molar-refractivity contribution in [1.82, 2.24) is 20.4 Å². The molecule has 2 aliphatic rings. The van der Waals surface area contributed by atoms with Crippen molar-refractivity contribution in [3.8, 4) is 17.2 Å². The van der Waals surface area contributed by atoms with Crippen molar-refractivity contribution in [2.75, 3.05) is 7.05 Å². The summed E-state index contributed by atoms with van der Waals surface area (Å²) in [6, 6.07) is 5.00. The first kappa shape index (κ1) is 25.7. The standard InChI is InChI=1S/C23H24F3N5O4S/c1-28-20(32)12-31-11-16(10-29-31)14-3-5-19(18(9-14)23(24,25)26)36(34,35)17-4-2-15(8-17)21(33)30-22(13-27)6-7-22/h3,5,9-11,15,17H,2,4,6-8,12H2,1H3,(H,28,32)(H,30,33)/t15-,17-/m1/s1. The van der Waals surface area contributed by atoms with Gasteiger partial charge >= 0.3 is 6.18 Å².